The van der Waals surface area contributed by atoms with E-state index in [0.29, 0.717) is 18.8 Å². The highest BCUT2D eigenvalue weighted by molar-refractivity contribution is 5.52. The van der Waals surface area contributed by atoms with Gasteiger partial charge in [0, 0.05) is 5.56 Å². The van der Waals surface area contributed by atoms with Crippen LogP contribution in [0.1, 0.15) is 52.0 Å². The molecule has 22 heavy (non-hydrogen) atoms. The molecule has 0 unspecified atom stereocenters. The number of phenolic OH excluding ortho intramolecular Hbond substituents is 1. The van der Waals surface area contributed by atoms with Crippen LogP contribution in [-0.2, 0) is 6.42 Å². The van der Waals surface area contributed by atoms with E-state index in [-0.39, 0.29) is 11.2 Å². The molecule has 0 heterocycles. The molecule has 1 aromatic carbocycles. The number of phenols is 1. The van der Waals surface area contributed by atoms with Crippen molar-refractivity contribution in [2.75, 3.05) is 13.7 Å². The molecule has 122 valence electrons. The third kappa shape index (κ3) is 5.14. The topological polar surface area (TPSA) is 62.5 Å². The molecular formula is C18H27NO3. The molecule has 0 aliphatic heterocycles. The Bertz CT molecular complexity index is 518. The normalized spacial score (nSPS) is 11.0. The lowest BCUT2D eigenvalue weighted by Crippen LogP contribution is -2.07. The quantitative estimate of drug-likeness (QED) is 0.684. The minimum absolute atomic E-state index is 0.165. The number of methoxy groups -OCH3 is 1. The maximum Gasteiger partial charge on any atom is 0.164 e. The van der Waals surface area contributed by atoms with Crippen LogP contribution in [-0.4, -0.2) is 18.8 Å². The van der Waals surface area contributed by atoms with E-state index in [2.05, 4.69) is 6.07 Å². The SMILES string of the molecule is CCc1c(OCCCCCC(C)(C)C#N)ccc(OC)c1O. The summed E-state index contributed by atoms with van der Waals surface area (Å²) in [5, 5.41) is 19.1. The maximum absolute atomic E-state index is 10.1. The Labute approximate surface area is 133 Å². The molecule has 0 aromatic heterocycles. The number of ether oxygens (including phenoxy) is 2. The molecule has 0 radical (unpaired) electrons. The van der Waals surface area contributed by atoms with Crippen molar-refractivity contribution in [2.45, 2.75) is 52.9 Å². The van der Waals surface area contributed by atoms with Gasteiger partial charge >= 0.3 is 0 Å². The van der Waals surface area contributed by atoms with Gasteiger partial charge in [-0.25, -0.2) is 0 Å². The lowest BCUT2D eigenvalue weighted by atomic mass is 9.89. The first kappa shape index (κ1) is 18.2. The fraction of sp³-hybridized carbons (Fsp3) is 0.611. The lowest BCUT2D eigenvalue weighted by molar-refractivity contribution is 0.293. The minimum atomic E-state index is -0.238. The average molecular weight is 305 g/mol. The second kappa shape index (κ2) is 8.53. The first-order valence-electron chi connectivity index (χ1n) is 7.88. The van der Waals surface area contributed by atoms with E-state index in [0.717, 1.165) is 37.0 Å². The predicted molar refractivity (Wildman–Crippen MR) is 87.4 cm³/mol. The van der Waals surface area contributed by atoms with Crippen molar-refractivity contribution < 1.29 is 14.6 Å². The molecule has 0 aliphatic rings. The summed E-state index contributed by atoms with van der Waals surface area (Å²) in [6.45, 7) is 6.53. The Morgan fingerprint density at radius 1 is 1.18 bits per heavy atom. The molecular weight excluding hydrogens is 278 g/mol. The van der Waals surface area contributed by atoms with E-state index in [1.54, 1.807) is 6.07 Å². The zero-order chi connectivity index (χ0) is 16.6. The monoisotopic (exact) mass is 305 g/mol. The Balaban J connectivity index is 2.43. The average Bonchev–Trinajstić information content (AvgIpc) is 2.51. The number of hydrogen-bond acceptors (Lipinski definition) is 4. The van der Waals surface area contributed by atoms with Gasteiger partial charge < -0.3 is 14.6 Å². The summed E-state index contributed by atoms with van der Waals surface area (Å²) in [7, 11) is 1.54. The molecule has 4 heteroatoms. The summed E-state index contributed by atoms with van der Waals surface area (Å²) in [4.78, 5) is 0. The molecule has 1 N–H and O–H groups in total. The molecule has 4 nitrogen and oxygen atoms in total. The third-order valence-corrected chi connectivity index (χ3v) is 3.78. The van der Waals surface area contributed by atoms with Crippen LogP contribution in [0.4, 0.5) is 0 Å². The molecule has 0 saturated carbocycles. The second-order valence-corrected chi connectivity index (χ2v) is 6.10. The van der Waals surface area contributed by atoms with Crippen LogP contribution in [0.15, 0.2) is 12.1 Å². The number of nitrogens with zero attached hydrogens (tertiary/aromatic N) is 1. The van der Waals surface area contributed by atoms with Crippen LogP contribution in [0, 0.1) is 16.7 Å². The van der Waals surface area contributed by atoms with Gasteiger partial charge in [0.2, 0.25) is 0 Å². The molecule has 0 amide bonds. The highest BCUT2D eigenvalue weighted by atomic mass is 16.5. The fourth-order valence-electron chi connectivity index (χ4n) is 2.32. The van der Waals surface area contributed by atoms with Crippen molar-refractivity contribution in [3.63, 3.8) is 0 Å². The van der Waals surface area contributed by atoms with Gasteiger partial charge in [0.1, 0.15) is 5.75 Å². The number of aromatic hydroxyl groups is 1. The molecule has 0 saturated heterocycles. The summed E-state index contributed by atoms with van der Waals surface area (Å²) in [6.07, 6.45) is 4.60. The van der Waals surface area contributed by atoms with E-state index < -0.39 is 0 Å². The highest BCUT2D eigenvalue weighted by Crippen LogP contribution is 2.36. The summed E-state index contributed by atoms with van der Waals surface area (Å²) in [5.41, 5.74) is 0.544. The van der Waals surface area contributed by atoms with Gasteiger partial charge in [-0.2, -0.15) is 5.26 Å². The van der Waals surface area contributed by atoms with Crippen molar-refractivity contribution in [3.05, 3.63) is 17.7 Å². The Morgan fingerprint density at radius 3 is 2.45 bits per heavy atom. The smallest absolute Gasteiger partial charge is 0.164 e. The standard InChI is InChI=1S/C18H27NO3/c1-5-14-15(9-10-16(21-4)17(14)20)22-12-8-6-7-11-18(2,3)13-19/h9-10,20H,5-8,11-12H2,1-4H3. The molecule has 1 aromatic rings. The predicted octanol–water partition coefficient (Wildman–Crippen LogP) is 4.45. The summed E-state index contributed by atoms with van der Waals surface area (Å²) >= 11 is 0. The van der Waals surface area contributed by atoms with E-state index >= 15 is 0 Å². The van der Waals surface area contributed by atoms with Gasteiger partial charge in [-0.15, -0.1) is 0 Å². The Kier molecular flexibility index (Phi) is 7.04. The molecule has 1 rings (SSSR count). The number of hydrogen-bond donors (Lipinski definition) is 1. The van der Waals surface area contributed by atoms with Crippen LogP contribution in [0.2, 0.25) is 0 Å². The van der Waals surface area contributed by atoms with Gasteiger partial charge in [-0.3, -0.25) is 0 Å². The zero-order valence-corrected chi connectivity index (χ0v) is 14.1. The molecule has 0 fully saturated rings. The fourth-order valence-corrected chi connectivity index (χ4v) is 2.32. The molecule has 0 spiro atoms. The van der Waals surface area contributed by atoms with Crippen molar-refractivity contribution in [1.82, 2.24) is 0 Å². The first-order chi connectivity index (χ1) is 10.4. The van der Waals surface area contributed by atoms with E-state index in [4.69, 9.17) is 14.7 Å². The zero-order valence-electron chi connectivity index (χ0n) is 14.1. The summed E-state index contributed by atoms with van der Waals surface area (Å²) < 4.78 is 10.9. The Hall–Kier alpha value is -1.89. The van der Waals surface area contributed by atoms with E-state index in [1.165, 1.54) is 7.11 Å². The van der Waals surface area contributed by atoms with Crippen LogP contribution < -0.4 is 9.47 Å². The van der Waals surface area contributed by atoms with Crippen molar-refractivity contribution in [1.29, 1.82) is 5.26 Å². The maximum atomic E-state index is 10.1. The minimum Gasteiger partial charge on any atom is -0.504 e. The molecule has 0 bridgehead atoms. The molecule has 0 atom stereocenters. The number of benzene rings is 1. The number of nitriles is 1. The largest absolute Gasteiger partial charge is 0.504 e. The third-order valence-electron chi connectivity index (χ3n) is 3.78. The van der Waals surface area contributed by atoms with E-state index in [1.807, 2.05) is 26.8 Å². The van der Waals surface area contributed by atoms with Crippen LogP contribution >= 0.6 is 0 Å². The van der Waals surface area contributed by atoms with Gasteiger partial charge in [0.25, 0.3) is 0 Å². The van der Waals surface area contributed by atoms with Gasteiger partial charge in [0.15, 0.2) is 11.5 Å². The lowest BCUT2D eigenvalue weighted by Gasteiger charge is -2.15. The Morgan fingerprint density at radius 2 is 1.86 bits per heavy atom. The van der Waals surface area contributed by atoms with Crippen LogP contribution in [0.5, 0.6) is 17.2 Å². The van der Waals surface area contributed by atoms with Crippen molar-refractivity contribution >= 4 is 0 Å². The summed E-state index contributed by atoms with van der Waals surface area (Å²) in [6, 6.07) is 5.88. The van der Waals surface area contributed by atoms with Gasteiger partial charge in [-0.05, 0) is 45.2 Å². The van der Waals surface area contributed by atoms with Crippen LogP contribution in [0.3, 0.4) is 0 Å². The highest BCUT2D eigenvalue weighted by Gasteiger charge is 2.15. The molecule has 0 aliphatic carbocycles. The van der Waals surface area contributed by atoms with Crippen molar-refractivity contribution in [2.24, 2.45) is 5.41 Å². The van der Waals surface area contributed by atoms with E-state index in [9.17, 15) is 5.11 Å². The second-order valence-electron chi connectivity index (χ2n) is 6.10. The van der Waals surface area contributed by atoms with Crippen LogP contribution in [0.25, 0.3) is 0 Å². The van der Waals surface area contributed by atoms with Gasteiger partial charge in [-0.1, -0.05) is 19.8 Å². The number of rotatable bonds is 9. The van der Waals surface area contributed by atoms with Gasteiger partial charge in [0.05, 0.1) is 25.2 Å². The summed E-state index contributed by atoms with van der Waals surface area (Å²) in [5.74, 6) is 1.36. The number of unbranched alkanes of at least 4 members (excludes halogenated alkanes) is 2. The first-order valence-corrected chi connectivity index (χ1v) is 7.88. The van der Waals surface area contributed by atoms with Crippen molar-refractivity contribution in [3.8, 4) is 23.3 Å².